The molecule has 1 aromatic carbocycles. The normalized spacial score (nSPS) is 15.1. The first kappa shape index (κ1) is 27.5. The number of amides is 1. The summed E-state index contributed by atoms with van der Waals surface area (Å²) in [5.41, 5.74) is 1.32. The van der Waals surface area contributed by atoms with Gasteiger partial charge in [0.05, 0.1) is 0 Å². The van der Waals surface area contributed by atoms with Crippen molar-refractivity contribution in [2.45, 2.75) is 40.3 Å². The van der Waals surface area contributed by atoms with Crippen LogP contribution in [0.25, 0.3) is 0 Å². The first-order chi connectivity index (χ1) is 16.8. The zero-order valence-corrected chi connectivity index (χ0v) is 21.6. The van der Waals surface area contributed by atoms with Gasteiger partial charge in [-0.1, -0.05) is 20.8 Å². The van der Waals surface area contributed by atoms with Crippen LogP contribution in [-0.4, -0.2) is 67.1 Å². The van der Waals surface area contributed by atoms with Gasteiger partial charge in [-0.2, -0.15) is 18.2 Å². The van der Waals surface area contributed by atoms with E-state index < -0.39 is 17.2 Å². The lowest BCUT2D eigenvalue weighted by atomic mass is 9.96. The Bertz CT molecular complexity index is 1040. The number of alkyl halides is 3. The summed E-state index contributed by atoms with van der Waals surface area (Å²) in [4.78, 5) is 24.6. The molecule has 0 atom stereocenters. The third kappa shape index (κ3) is 7.46. The highest BCUT2D eigenvalue weighted by Gasteiger charge is 2.35. The molecule has 3 N–H and O–H groups in total. The van der Waals surface area contributed by atoms with Crippen LogP contribution in [0.4, 0.5) is 36.3 Å². The lowest BCUT2D eigenvalue weighted by Gasteiger charge is -2.34. The van der Waals surface area contributed by atoms with Gasteiger partial charge >= 0.3 is 6.18 Å². The molecule has 0 unspecified atom stereocenters. The Hall–Kier alpha value is -3.08. The van der Waals surface area contributed by atoms with Crippen molar-refractivity contribution in [3.05, 3.63) is 35.5 Å². The predicted octanol–water partition coefficient (Wildman–Crippen LogP) is 4.26. The van der Waals surface area contributed by atoms with E-state index >= 15 is 0 Å². The van der Waals surface area contributed by atoms with Crippen LogP contribution in [0.15, 0.2) is 24.4 Å². The van der Waals surface area contributed by atoms with Crippen molar-refractivity contribution < 1.29 is 18.0 Å². The average Bonchev–Trinajstić information content (AvgIpc) is 2.79. The number of piperazine rings is 1. The number of nitrogens with one attached hydrogen (secondary N) is 3. The zero-order chi connectivity index (χ0) is 26.5. The lowest BCUT2D eigenvalue weighted by Crippen LogP contribution is -2.44. The molecular formula is C25H36F3N7O. The predicted molar refractivity (Wildman–Crippen MR) is 137 cm³/mol. The van der Waals surface area contributed by atoms with Crippen molar-refractivity contribution in [3.8, 4) is 0 Å². The number of aryl methyl sites for hydroxylation is 1. The molecule has 0 radical (unpaired) electrons. The number of nitrogens with zero attached hydrogens (tertiary/aromatic N) is 4. The van der Waals surface area contributed by atoms with Gasteiger partial charge in [-0.25, -0.2) is 4.98 Å². The van der Waals surface area contributed by atoms with Crippen LogP contribution in [0.1, 0.15) is 38.3 Å². The molecule has 2 aromatic rings. The number of carbonyl (C=O) groups excluding carboxylic acids is 1. The average molecular weight is 508 g/mol. The van der Waals surface area contributed by atoms with Gasteiger partial charge in [0.2, 0.25) is 11.9 Å². The van der Waals surface area contributed by atoms with Crippen LogP contribution in [0.5, 0.6) is 0 Å². The summed E-state index contributed by atoms with van der Waals surface area (Å²) < 4.78 is 40.6. The highest BCUT2D eigenvalue weighted by atomic mass is 19.4. The number of rotatable bonds is 8. The van der Waals surface area contributed by atoms with Crippen LogP contribution >= 0.6 is 0 Å². The summed E-state index contributed by atoms with van der Waals surface area (Å²) >= 11 is 0. The van der Waals surface area contributed by atoms with E-state index in [0.717, 1.165) is 49.3 Å². The summed E-state index contributed by atoms with van der Waals surface area (Å²) in [5, 5.41) is 8.59. The maximum atomic E-state index is 13.5. The molecule has 1 saturated heterocycles. The molecule has 1 fully saturated rings. The molecule has 8 nitrogen and oxygen atoms in total. The zero-order valence-electron chi connectivity index (χ0n) is 21.6. The van der Waals surface area contributed by atoms with Crippen molar-refractivity contribution in [1.82, 2.24) is 20.2 Å². The van der Waals surface area contributed by atoms with Gasteiger partial charge in [-0.15, -0.1) is 0 Å². The third-order valence-corrected chi connectivity index (χ3v) is 6.03. The second kappa shape index (κ2) is 11.3. The number of hydrogen-bond donors (Lipinski definition) is 3. The molecule has 0 bridgehead atoms. The topological polar surface area (TPSA) is 85.4 Å². The number of aromatic nitrogens is 2. The fourth-order valence-electron chi connectivity index (χ4n) is 3.72. The van der Waals surface area contributed by atoms with Gasteiger partial charge in [0.1, 0.15) is 11.4 Å². The van der Waals surface area contributed by atoms with Gasteiger partial charge in [0.25, 0.3) is 0 Å². The Kier molecular flexibility index (Phi) is 8.65. The second-order valence-corrected chi connectivity index (χ2v) is 10.2. The molecule has 0 spiro atoms. The maximum Gasteiger partial charge on any atom is 0.421 e. The molecule has 1 aromatic heterocycles. The van der Waals surface area contributed by atoms with Gasteiger partial charge < -0.3 is 25.8 Å². The number of benzene rings is 1. The largest absolute Gasteiger partial charge is 0.421 e. The smallest absolute Gasteiger partial charge is 0.369 e. The van der Waals surface area contributed by atoms with Crippen molar-refractivity contribution in [2.75, 3.05) is 61.8 Å². The minimum atomic E-state index is -4.60. The van der Waals surface area contributed by atoms with Crippen molar-refractivity contribution >= 4 is 29.0 Å². The van der Waals surface area contributed by atoms with E-state index in [0.29, 0.717) is 13.0 Å². The molecule has 0 saturated carbocycles. The van der Waals surface area contributed by atoms with Gasteiger partial charge in [-0.3, -0.25) is 4.79 Å². The monoisotopic (exact) mass is 507 g/mol. The molecule has 0 aliphatic carbocycles. The molecule has 1 aliphatic heterocycles. The molecule has 198 valence electrons. The van der Waals surface area contributed by atoms with Gasteiger partial charge in [-0.05, 0) is 44.2 Å². The molecule has 1 amide bonds. The lowest BCUT2D eigenvalue weighted by molar-refractivity contribution is -0.137. The van der Waals surface area contributed by atoms with E-state index in [1.807, 2.05) is 19.1 Å². The molecule has 1 aliphatic rings. The molecular weight excluding hydrogens is 471 g/mol. The molecule has 11 heteroatoms. The first-order valence-corrected chi connectivity index (χ1v) is 12.1. The van der Waals surface area contributed by atoms with Gasteiger partial charge in [0, 0.05) is 62.3 Å². The van der Waals surface area contributed by atoms with E-state index in [1.165, 1.54) is 0 Å². The standard InChI is InChI=1S/C25H36F3N7O/c1-17-15-18(35-13-11-34(5)12-14-35)7-8-20(17)32-23-31-16-19(25(26,27)28)21(33-23)29-9-6-10-30-22(36)24(2,3)4/h7-8,15-16H,6,9-14H2,1-5H3,(H,30,36)(H2,29,31,32,33). The molecule has 36 heavy (non-hydrogen) atoms. The number of hydrogen-bond acceptors (Lipinski definition) is 7. The van der Waals surface area contributed by atoms with Gasteiger partial charge in [0.15, 0.2) is 0 Å². The summed E-state index contributed by atoms with van der Waals surface area (Å²) in [6, 6.07) is 5.95. The van der Waals surface area contributed by atoms with Crippen molar-refractivity contribution in [3.63, 3.8) is 0 Å². The Morgan fingerprint density at radius 1 is 1.08 bits per heavy atom. The highest BCUT2D eigenvalue weighted by molar-refractivity contribution is 5.81. The Morgan fingerprint density at radius 2 is 1.78 bits per heavy atom. The third-order valence-electron chi connectivity index (χ3n) is 6.03. The van der Waals surface area contributed by atoms with E-state index in [9.17, 15) is 18.0 Å². The molecule has 2 heterocycles. The van der Waals surface area contributed by atoms with Crippen LogP contribution in [0.2, 0.25) is 0 Å². The van der Waals surface area contributed by atoms with E-state index in [-0.39, 0.29) is 24.2 Å². The number of likely N-dealkylation sites (N-methyl/N-ethyl adjacent to an activating group) is 1. The number of carbonyl (C=O) groups is 1. The summed E-state index contributed by atoms with van der Waals surface area (Å²) in [6.07, 6.45) is -3.37. The van der Waals surface area contributed by atoms with E-state index in [4.69, 9.17) is 0 Å². The minimum absolute atomic E-state index is 0.0713. The van der Waals surface area contributed by atoms with Crippen molar-refractivity contribution in [1.29, 1.82) is 0 Å². The van der Waals surface area contributed by atoms with Crippen molar-refractivity contribution in [2.24, 2.45) is 5.41 Å². The minimum Gasteiger partial charge on any atom is -0.369 e. The maximum absolute atomic E-state index is 13.5. The fraction of sp³-hybridized carbons (Fsp3) is 0.560. The van der Waals surface area contributed by atoms with Crippen LogP contribution < -0.4 is 20.9 Å². The second-order valence-electron chi connectivity index (χ2n) is 10.2. The highest BCUT2D eigenvalue weighted by Crippen LogP contribution is 2.34. The Balaban J connectivity index is 1.67. The fourth-order valence-corrected chi connectivity index (χ4v) is 3.72. The number of anilines is 4. The SMILES string of the molecule is Cc1cc(N2CCN(C)CC2)ccc1Nc1ncc(C(F)(F)F)c(NCCCNC(=O)C(C)(C)C)n1. The summed E-state index contributed by atoms with van der Waals surface area (Å²) in [7, 11) is 2.10. The summed E-state index contributed by atoms with van der Waals surface area (Å²) in [5.74, 6) is -0.336. The molecule has 3 rings (SSSR count). The van der Waals surface area contributed by atoms with E-state index in [1.54, 1.807) is 20.8 Å². The van der Waals surface area contributed by atoms with Crippen LogP contribution in [0.3, 0.4) is 0 Å². The van der Waals surface area contributed by atoms with Crippen LogP contribution in [-0.2, 0) is 11.0 Å². The number of halogens is 3. The first-order valence-electron chi connectivity index (χ1n) is 12.1. The summed E-state index contributed by atoms with van der Waals surface area (Å²) in [6.45, 7) is 11.8. The quantitative estimate of drug-likeness (QED) is 0.461. The van der Waals surface area contributed by atoms with E-state index in [2.05, 4.69) is 48.8 Å². The van der Waals surface area contributed by atoms with Crippen LogP contribution in [0, 0.1) is 12.3 Å². The Labute approximate surface area is 210 Å². The Morgan fingerprint density at radius 3 is 2.39 bits per heavy atom.